The van der Waals surface area contributed by atoms with Crippen molar-refractivity contribution in [1.29, 1.82) is 0 Å². The van der Waals surface area contributed by atoms with E-state index in [0.717, 1.165) is 44.8 Å². The van der Waals surface area contributed by atoms with Gasteiger partial charge in [0.05, 0.1) is 23.9 Å². The van der Waals surface area contributed by atoms with Gasteiger partial charge in [-0.2, -0.15) is 5.10 Å². The van der Waals surface area contributed by atoms with Crippen LogP contribution < -0.4 is 5.32 Å². The van der Waals surface area contributed by atoms with Crippen molar-refractivity contribution in [3.63, 3.8) is 0 Å². The quantitative estimate of drug-likeness (QED) is 0.808. The molecule has 5 heteroatoms. The van der Waals surface area contributed by atoms with Crippen LogP contribution in [0.2, 0.25) is 0 Å². The Morgan fingerprint density at radius 1 is 1.55 bits per heavy atom. The Hall–Kier alpha value is -0.910. The molecule has 1 atom stereocenters. The molecule has 1 saturated carbocycles. The van der Waals surface area contributed by atoms with Gasteiger partial charge in [-0.15, -0.1) is 0 Å². The molecule has 112 valence electrons. The highest BCUT2D eigenvalue weighted by Gasteiger charge is 2.43. The van der Waals surface area contributed by atoms with Gasteiger partial charge in [0.1, 0.15) is 0 Å². The zero-order chi connectivity index (χ0) is 13.8. The van der Waals surface area contributed by atoms with Crippen molar-refractivity contribution in [1.82, 2.24) is 15.1 Å². The molecule has 1 aliphatic heterocycles. The van der Waals surface area contributed by atoms with Crippen LogP contribution in [0.15, 0.2) is 12.3 Å². The van der Waals surface area contributed by atoms with Gasteiger partial charge in [0.25, 0.3) is 0 Å². The second-order valence-electron chi connectivity index (χ2n) is 5.99. The molecular formula is C15H25N3O2. The lowest BCUT2D eigenvalue weighted by Gasteiger charge is -2.47. The molecule has 0 aromatic carbocycles. The summed E-state index contributed by atoms with van der Waals surface area (Å²) in [5.74, 6) is 0. The minimum atomic E-state index is 0.186. The monoisotopic (exact) mass is 279 g/mol. The van der Waals surface area contributed by atoms with Crippen LogP contribution in [-0.2, 0) is 16.0 Å². The number of hydrogen-bond acceptors (Lipinski definition) is 4. The molecule has 2 fully saturated rings. The summed E-state index contributed by atoms with van der Waals surface area (Å²) < 4.78 is 13.2. The van der Waals surface area contributed by atoms with Crippen LogP contribution in [0.25, 0.3) is 0 Å². The third-order valence-electron chi connectivity index (χ3n) is 4.56. The largest absolute Gasteiger partial charge is 0.383 e. The molecule has 1 spiro atoms. The Balaban J connectivity index is 1.53. The lowest BCUT2D eigenvalue weighted by atomic mass is 9.74. The highest BCUT2D eigenvalue weighted by molar-refractivity contribution is 5.02. The molecule has 0 radical (unpaired) electrons. The zero-order valence-corrected chi connectivity index (χ0v) is 12.3. The van der Waals surface area contributed by atoms with Crippen molar-refractivity contribution >= 4 is 0 Å². The van der Waals surface area contributed by atoms with E-state index in [1.54, 1.807) is 7.11 Å². The predicted octanol–water partition coefficient (Wildman–Crippen LogP) is 1.89. The van der Waals surface area contributed by atoms with E-state index in [4.69, 9.17) is 14.6 Å². The summed E-state index contributed by atoms with van der Waals surface area (Å²) in [5, 5.41) is 8.05. The topological polar surface area (TPSA) is 48.3 Å². The fourth-order valence-electron chi connectivity index (χ4n) is 3.21. The van der Waals surface area contributed by atoms with Crippen molar-refractivity contribution in [2.45, 2.75) is 50.3 Å². The van der Waals surface area contributed by atoms with E-state index in [0.29, 0.717) is 6.04 Å². The van der Waals surface area contributed by atoms with Gasteiger partial charge in [0.15, 0.2) is 0 Å². The van der Waals surface area contributed by atoms with E-state index in [1.165, 1.54) is 19.3 Å². The van der Waals surface area contributed by atoms with Crippen molar-refractivity contribution in [3.8, 4) is 0 Å². The molecule has 1 N–H and O–H groups in total. The third-order valence-corrected chi connectivity index (χ3v) is 4.56. The third kappa shape index (κ3) is 3.05. The second kappa shape index (κ2) is 6.24. The molecule has 2 aliphatic rings. The Morgan fingerprint density at radius 2 is 2.45 bits per heavy atom. The number of ether oxygens (including phenoxy) is 2. The highest BCUT2D eigenvalue weighted by atomic mass is 16.5. The van der Waals surface area contributed by atoms with Gasteiger partial charge < -0.3 is 14.8 Å². The molecule has 5 nitrogen and oxygen atoms in total. The number of nitrogens with zero attached hydrogens (tertiary/aromatic N) is 2. The van der Waals surface area contributed by atoms with Gasteiger partial charge in [-0.25, -0.2) is 0 Å². The first-order chi connectivity index (χ1) is 9.81. The van der Waals surface area contributed by atoms with Crippen molar-refractivity contribution in [2.24, 2.45) is 0 Å². The predicted molar refractivity (Wildman–Crippen MR) is 76.6 cm³/mol. The number of hydrogen-bond donors (Lipinski definition) is 1. The standard InChI is InChI=1S/C15H25N3O2/c1-19-10-7-16-12-13-3-8-18(17-13)14-4-9-20-15(11-14)5-2-6-15/h3,8,14,16H,2,4-7,9-12H2,1H3. The Kier molecular flexibility index (Phi) is 4.38. The van der Waals surface area contributed by atoms with E-state index in [9.17, 15) is 0 Å². The van der Waals surface area contributed by atoms with Gasteiger partial charge in [-0.3, -0.25) is 4.68 Å². The van der Waals surface area contributed by atoms with Crippen molar-refractivity contribution < 1.29 is 9.47 Å². The first kappa shape index (κ1) is 14.0. The van der Waals surface area contributed by atoms with Crippen LogP contribution in [0.3, 0.4) is 0 Å². The molecule has 0 bridgehead atoms. The van der Waals surface area contributed by atoms with E-state index in [-0.39, 0.29) is 5.60 Å². The summed E-state index contributed by atoms with van der Waals surface area (Å²) in [4.78, 5) is 0. The summed E-state index contributed by atoms with van der Waals surface area (Å²) in [7, 11) is 1.72. The van der Waals surface area contributed by atoms with Crippen LogP contribution in [0.1, 0.15) is 43.8 Å². The fourth-order valence-corrected chi connectivity index (χ4v) is 3.21. The SMILES string of the molecule is COCCNCc1ccn(C2CCOC3(CCC3)C2)n1. The van der Waals surface area contributed by atoms with Crippen LogP contribution in [-0.4, -0.2) is 42.2 Å². The Morgan fingerprint density at radius 3 is 3.20 bits per heavy atom. The van der Waals surface area contributed by atoms with Crippen LogP contribution in [0.4, 0.5) is 0 Å². The number of nitrogens with one attached hydrogen (secondary N) is 1. The molecule has 0 amide bonds. The van der Waals surface area contributed by atoms with Crippen molar-refractivity contribution in [2.75, 3.05) is 26.9 Å². The second-order valence-corrected chi connectivity index (χ2v) is 5.99. The minimum Gasteiger partial charge on any atom is -0.383 e. The summed E-state index contributed by atoms with van der Waals surface area (Å²) in [6, 6.07) is 2.62. The van der Waals surface area contributed by atoms with Gasteiger partial charge >= 0.3 is 0 Å². The number of aromatic nitrogens is 2. The Bertz CT molecular complexity index is 429. The van der Waals surface area contributed by atoms with Gasteiger partial charge in [-0.1, -0.05) is 0 Å². The van der Waals surface area contributed by atoms with Gasteiger partial charge in [-0.05, 0) is 38.2 Å². The van der Waals surface area contributed by atoms with Gasteiger partial charge in [0.2, 0.25) is 0 Å². The maximum absolute atomic E-state index is 5.98. The Labute approximate surface area is 120 Å². The van der Waals surface area contributed by atoms with Crippen LogP contribution in [0, 0.1) is 0 Å². The van der Waals surface area contributed by atoms with E-state index >= 15 is 0 Å². The normalized spacial score (nSPS) is 24.8. The molecule has 2 heterocycles. The fraction of sp³-hybridized carbons (Fsp3) is 0.800. The molecule has 1 aliphatic carbocycles. The lowest BCUT2D eigenvalue weighted by Crippen LogP contribution is -2.46. The number of methoxy groups -OCH3 is 1. The first-order valence-electron chi connectivity index (χ1n) is 7.69. The van der Waals surface area contributed by atoms with Crippen LogP contribution >= 0.6 is 0 Å². The molecule has 1 aromatic heterocycles. The molecule has 1 aromatic rings. The average Bonchev–Trinajstić information content (AvgIpc) is 2.91. The van der Waals surface area contributed by atoms with E-state index < -0.39 is 0 Å². The average molecular weight is 279 g/mol. The maximum atomic E-state index is 5.98. The van der Waals surface area contributed by atoms with Gasteiger partial charge in [0, 0.05) is 33.0 Å². The summed E-state index contributed by atoms with van der Waals surface area (Å²) >= 11 is 0. The molecular weight excluding hydrogens is 254 g/mol. The molecule has 1 unspecified atom stereocenters. The van der Waals surface area contributed by atoms with Crippen LogP contribution in [0.5, 0.6) is 0 Å². The molecule has 1 saturated heterocycles. The highest BCUT2D eigenvalue weighted by Crippen LogP contribution is 2.45. The van der Waals surface area contributed by atoms with E-state index in [2.05, 4.69) is 22.3 Å². The summed E-state index contributed by atoms with van der Waals surface area (Å²) in [6.45, 7) is 3.30. The summed E-state index contributed by atoms with van der Waals surface area (Å²) in [6.07, 6.45) is 8.12. The summed E-state index contributed by atoms with van der Waals surface area (Å²) in [5.41, 5.74) is 1.29. The molecule has 20 heavy (non-hydrogen) atoms. The smallest absolute Gasteiger partial charge is 0.0762 e. The maximum Gasteiger partial charge on any atom is 0.0762 e. The lowest BCUT2D eigenvalue weighted by molar-refractivity contribution is -0.141. The van der Waals surface area contributed by atoms with Crippen molar-refractivity contribution in [3.05, 3.63) is 18.0 Å². The minimum absolute atomic E-state index is 0.186. The zero-order valence-electron chi connectivity index (χ0n) is 12.3. The number of rotatable bonds is 6. The first-order valence-corrected chi connectivity index (χ1v) is 7.69. The molecule has 3 rings (SSSR count). The van der Waals surface area contributed by atoms with E-state index in [1.807, 2.05) is 0 Å².